The zero-order valence-electron chi connectivity index (χ0n) is 30.2. The van der Waals surface area contributed by atoms with E-state index in [1.54, 1.807) is 24.3 Å². The van der Waals surface area contributed by atoms with E-state index in [0.29, 0.717) is 18.7 Å². The largest absolute Gasteiger partial charge is 0.445 e. The number of aliphatic hydroxyl groups is 1. The highest BCUT2D eigenvalue weighted by Gasteiger charge is 2.41. The summed E-state index contributed by atoms with van der Waals surface area (Å²) in [5, 5.41) is 12.1. The van der Waals surface area contributed by atoms with Crippen molar-refractivity contribution in [2.75, 3.05) is 24.5 Å². The predicted molar refractivity (Wildman–Crippen MR) is 203 cm³/mol. The molecule has 3 amide bonds. The molecule has 1 unspecified atom stereocenters. The number of para-hydroxylation sites is 2. The number of nitrogens with one attached hydrogen (secondary N) is 2. The van der Waals surface area contributed by atoms with Crippen molar-refractivity contribution in [1.29, 1.82) is 0 Å². The van der Waals surface area contributed by atoms with Crippen LogP contribution in [0.1, 0.15) is 66.4 Å². The van der Waals surface area contributed by atoms with Gasteiger partial charge in [0, 0.05) is 37.7 Å². The Morgan fingerprint density at radius 2 is 1.55 bits per heavy atom. The molecule has 55 heavy (non-hydrogen) atoms. The number of nitrogens with zero attached hydrogens (tertiary/aromatic N) is 3. The molecule has 13 nitrogen and oxygen atoms in total. The molecule has 0 bridgehead atoms. The molecule has 4 aromatic carbocycles. The second kappa shape index (κ2) is 16.0. The number of aromatic amines is 1. The van der Waals surface area contributed by atoms with Crippen molar-refractivity contribution in [3.8, 4) is 0 Å². The Morgan fingerprint density at radius 3 is 2.29 bits per heavy atom. The quantitative estimate of drug-likeness (QED) is 0.162. The number of anilines is 1. The van der Waals surface area contributed by atoms with E-state index in [1.807, 2.05) is 83.4 Å². The minimum absolute atomic E-state index is 0.0421. The maximum atomic E-state index is 13.3. The van der Waals surface area contributed by atoms with E-state index in [9.17, 15) is 24.3 Å². The first kappa shape index (κ1) is 36.4. The number of alkyl carbamates (subject to hydrolysis) is 1. The summed E-state index contributed by atoms with van der Waals surface area (Å²) >= 11 is 0. The van der Waals surface area contributed by atoms with Crippen molar-refractivity contribution < 1.29 is 33.7 Å². The first-order chi connectivity index (χ1) is 26.8. The fraction of sp³-hybridized carbons (Fsp3) is 0.333. The Morgan fingerprint density at radius 1 is 0.836 bits per heavy atom. The van der Waals surface area contributed by atoms with Gasteiger partial charge in [-0.25, -0.2) is 14.5 Å². The van der Waals surface area contributed by atoms with Crippen molar-refractivity contribution in [3.05, 3.63) is 136 Å². The topological polar surface area (TPSA) is 155 Å². The van der Waals surface area contributed by atoms with Crippen LogP contribution in [0.15, 0.2) is 108 Å². The number of imidazole rings is 1. The standard InChI is InChI=1S/C42H43N5O8/c48-25-27-10-12-29(13-11-27)37-22-33(24-45-20-18-32(19-21-45)46-36-9-5-4-8-34(36)43-41(46)51)54-40(55-37)30-14-16-31(17-15-30)47-38(49)23-35(39(47)50)44-42(52)53-26-28-6-2-1-3-7-28/h1-17,32-33,35,37,40,48H,18-26H2,(H,43,51)(H,44,52)/t33-,35?,37+,40+/m0/s1. The van der Waals surface area contributed by atoms with E-state index in [2.05, 4.69) is 15.2 Å². The number of piperidine rings is 1. The van der Waals surface area contributed by atoms with Crippen LogP contribution in [-0.2, 0) is 37.0 Å². The SMILES string of the molecule is O=C(NC1CC(=O)N(c2ccc([C@@H]3O[C@H](CN4CCC(n5c(=O)[nH]c6ccccc65)CC4)C[C@H](c4ccc(CO)cc4)O3)cc2)C1=O)OCc1ccccc1. The molecule has 1 aromatic heterocycles. The van der Waals surface area contributed by atoms with Gasteiger partial charge >= 0.3 is 11.8 Å². The summed E-state index contributed by atoms with van der Waals surface area (Å²) in [4.78, 5) is 58.0. The number of ether oxygens (including phenoxy) is 3. The molecule has 8 rings (SSSR count). The molecule has 3 aliphatic heterocycles. The summed E-state index contributed by atoms with van der Waals surface area (Å²) in [7, 11) is 0. The number of amides is 3. The number of rotatable bonds is 10. The molecule has 3 aliphatic rings. The number of benzene rings is 4. The minimum atomic E-state index is -1.03. The maximum absolute atomic E-state index is 13.3. The molecule has 3 saturated heterocycles. The van der Waals surface area contributed by atoms with Gasteiger partial charge in [0.05, 0.1) is 42.0 Å². The van der Waals surface area contributed by atoms with E-state index >= 15 is 0 Å². The van der Waals surface area contributed by atoms with Crippen LogP contribution < -0.4 is 15.9 Å². The molecule has 0 radical (unpaired) electrons. The highest BCUT2D eigenvalue weighted by atomic mass is 16.7. The fourth-order valence-corrected chi connectivity index (χ4v) is 7.82. The number of hydrogen-bond acceptors (Lipinski definition) is 9. The van der Waals surface area contributed by atoms with Crippen LogP contribution in [0.4, 0.5) is 10.5 Å². The zero-order chi connectivity index (χ0) is 37.9. The number of aromatic nitrogens is 2. The smallest absolute Gasteiger partial charge is 0.408 e. The van der Waals surface area contributed by atoms with Gasteiger partial charge in [-0.1, -0.05) is 78.9 Å². The number of H-pyrrole nitrogens is 1. The first-order valence-electron chi connectivity index (χ1n) is 18.7. The maximum Gasteiger partial charge on any atom is 0.408 e. The van der Waals surface area contributed by atoms with Crippen molar-refractivity contribution in [3.63, 3.8) is 0 Å². The van der Waals surface area contributed by atoms with Gasteiger partial charge in [0.15, 0.2) is 6.29 Å². The van der Waals surface area contributed by atoms with Crippen LogP contribution in [0.25, 0.3) is 11.0 Å². The molecule has 3 N–H and O–H groups in total. The molecule has 284 valence electrons. The summed E-state index contributed by atoms with van der Waals surface area (Å²) in [6.45, 7) is 2.29. The molecule has 13 heteroatoms. The van der Waals surface area contributed by atoms with Crippen LogP contribution in [0.5, 0.6) is 0 Å². The van der Waals surface area contributed by atoms with Gasteiger partial charge in [0.25, 0.3) is 5.91 Å². The zero-order valence-corrected chi connectivity index (χ0v) is 30.2. The van der Waals surface area contributed by atoms with E-state index < -0.39 is 30.2 Å². The molecule has 0 saturated carbocycles. The summed E-state index contributed by atoms with van der Waals surface area (Å²) < 4.78 is 20.3. The van der Waals surface area contributed by atoms with Gasteiger partial charge in [-0.2, -0.15) is 0 Å². The monoisotopic (exact) mass is 745 g/mol. The minimum Gasteiger partial charge on any atom is -0.445 e. The van der Waals surface area contributed by atoms with Crippen molar-refractivity contribution in [2.45, 2.75) is 69.5 Å². The Labute approximate surface area is 317 Å². The molecule has 5 aromatic rings. The number of fused-ring (bicyclic) bond motifs is 1. The summed E-state index contributed by atoms with van der Waals surface area (Å²) in [6.07, 6.45) is 0.150. The number of imide groups is 1. The number of aliphatic hydroxyl groups excluding tert-OH is 1. The van der Waals surface area contributed by atoms with Crippen molar-refractivity contribution in [2.24, 2.45) is 0 Å². The molecule has 3 fully saturated rings. The van der Waals surface area contributed by atoms with Gasteiger partial charge < -0.3 is 34.5 Å². The third kappa shape index (κ3) is 7.96. The second-order valence-electron chi connectivity index (χ2n) is 14.3. The highest BCUT2D eigenvalue weighted by Crippen LogP contribution is 2.39. The van der Waals surface area contributed by atoms with Crippen LogP contribution in [0, 0.1) is 0 Å². The van der Waals surface area contributed by atoms with Gasteiger partial charge in [0.1, 0.15) is 12.6 Å². The molecule has 4 atom stereocenters. The third-order valence-corrected chi connectivity index (χ3v) is 10.7. The summed E-state index contributed by atoms with van der Waals surface area (Å²) in [5.74, 6) is -0.967. The Bertz CT molecular complexity index is 2200. The van der Waals surface area contributed by atoms with Gasteiger partial charge in [-0.05, 0) is 53.8 Å². The molecular formula is C42H43N5O8. The summed E-state index contributed by atoms with van der Waals surface area (Å²) in [5.41, 5.74) is 5.38. The lowest BCUT2D eigenvalue weighted by Crippen LogP contribution is -2.43. The Kier molecular flexibility index (Phi) is 10.6. The second-order valence-corrected chi connectivity index (χ2v) is 14.3. The van der Waals surface area contributed by atoms with Crippen molar-refractivity contribution >= 4 is 34.6 Å². The van der Waals surface area contributed by atoms with Gasteiger partial charge in [0.2, 0.25) is 5.91 Å². The fourth-order valence-electron chi connectivity index (χ4n) is 7.82. The van der Waals surface area contributed by atoms with Crippen LogP contribution in [0.2, 0.25) is 0 Å². The van der Waals surface area contributed by atoms with E-state index in [-0.39, 0.29) is 43.6 Å². The number of likely N-dealkylation sites (tertiary alicyclic amines) is 1. The first-order valence-corrected chi connectivity index (χ1v) is 18.7. The summed E-state index contributed by atoms with van der Waals surface area (Å²) in [6, 6.07) is 30.7. The van der Waals surface area contributed by atoms with Crippen LogP contribution >= 0.6 is 0 Å². The molecule has 0 aliphatic carbocycles. The average Bonchev–Trinajstić information content (AvgIpc) is 3.70. The number of carbonyl (C=O) groups excluding carboxylic acids is 3. The number of carbonyl (C=O) groups is 3. The number of hydrogen-bond donors (Lipinski definition) is 3. The molecule has 0 spiro atoms. The lowest BCUT2D eigenvalue weighted by Gasteiger charge is -2.40. The van der Waals surface area contributed by atoms with Gasteiger partial charge in [-0.15, -0.1) is 0 Å². The molecular weight excluding hydrogens is 702 g/mol. The van der Waals surface area contributed by atoms with E-state index in [1.165, 1.54) is 0 Å². The van der Waals surface area contributed by atoms with E-state index in [4.69, 9.17) is 14.2 Å². The van der Waals surface area contributed by atoms with E-state index in [0.717, 1.165) is 64.1 Å². The Balaban J connectivity index is 0.930. The van der Waals surface area contributed by atoms with Crippen LogP contribution in [-0.4, -0.2) is 69.2 Å². The van der Waals surface area contributed by atoms with Crippen molar-refractivity contribution in [1.82, 2.24) is 19.8 Å². The van der Waals surface area contributed by atoms with Crippen LogP contribution in [0.3, 0.4) is 0 Å². The Hall–Kier alpha value is -5.60. The molecule has 4 heterocycles. The predicted octanol–water partition coefficient (Wildman–Crippen LogP) is 5.26. The lowest BCUT2D eigenvalue weighted by molar-refractivity contribution is -0.253. The third-order valence-electron chi connectivity index (χ3n) is 10.7. The normalized spacial score (nSPS) is 22.3. The highest BCUT2D eigenvalue weighted by molar-refractivity contribution is 6.22. The lowest BCUT2D eigenvalue weighted by atomic mass is 9.98. The van der Waals surface area contributed by atoms with Gasteiger partial charge in [-0.3, -0.25) is 14.2 Å². The average molecular weight is 746 g/mol.